The SMILES string of the molecule is CC1OCC(O)C12CCN([C@@H]1CCO[C@H](O[C@H](C)c3cc(C(F)(F)F)cc(C(F)(F)F)c3)[C@@H]1c1ccc(F)c(Br)c1)CC2. The van der Waals surface area contributed by atoms with E-state index in [0.29, 0.717) is 50.0 Å². The molecule has 5 nitrogen and oxygen atoms in total. The van der Waals surface area contributed by atoms with Crippen LogP contribution in [0.1, 0.15) is 67.4 Å². The van der Waals surface area contributed by atoms with Gasteiger partial charge in [0, 0.05) is 11.5 Å². The van der Waals surface area contributed by atoms with E-state index in [4.69, 9.17) is 14.2 Å². The highest BCUT2D eigenvalue weighted by atomic mass is 79.9. The van der Waals surface area contributed by atoms with Crippen molar-refractivity contribution >= 4 is 15.9 Å². The summed E-state index contributed by atoms with van der Waals surface area (Å²) >= 11 is 3.22. The highest BCUT2D eigenvalue weighted by Crippen LogP contribution is 2.47. The zero-order valence-electron chi connectivity index (χ0n) is 23.5. The van der Waals surface area contributed by atoms with Crippen LogP contribution < -0.4 is 0 Å². The Labute approximate surface area is 253 Å². The Morgan fingerprint density at radius 2 is 1.63 bits per heavy atom. The van der Waals surface area contributed by atoms with E-state index < -0.39 is 53.7 Å². The average molecular weight is 684 g/mol. The highest BCUT2D eigenvalue weighted by molar-refractivity contribution is 9.10. The van der Waals surface area contributed by atoms with Crippen molar-refractivity contribution in [1.82, 2.24) is 4.90 Å². The van der Waals surface area contributed by atoms with Gasteiger partial charge in [-0.25, -0.2) is 4.39 Å². The smallest absolute Gasteiger partial charge is 0.390 e. The summed E-state index contributed by atoms with van der Waals surface area (Å²) in [6.45, 7) is 5.11. The maximum absolute atomic E-state index is 14.2. The molecule has 6 atom stereocenters. The van der Waals surface area contributed by atoms with Gasteiger partial charge >= 0.3 is 12.4 Å². The summed E-state index contributed by atoms with van der Waals surface area (Å²) in [4.78, 5) is 2.25. The second-order valence-electron chi connectivity index (χ2n) is 11.7. The van der Waals surface area contributed by atoms with Gasteiger partial charge in [0.2, 0.25) is 0 Å². The molecule has 3 saturated heterocycles. The number of alkyl halides is 6. The Morgan fingerprint density at radius 3 is 2.16 bits per heavy atom. The Balaban J connectivity index is 1.45. The first-order valence-corrected chi connectivity index (χ1v) is 14.9. The third kappa shape index (κ3) is 6.62. The number of benzene rings is 2. The molecule has 0 bridgehead atoms. The van der Waals surface area contributed by atoms with Crippen LogP contribution in [0.5, 0.6) is 0 Å². The van der Waals surface area contributed by atoms with Crippen LogP contribution in [0.3, 0.4) is 0 Å². The molecule has 3 aliphatic heterocycles. The van der Waals surface area contributed by atoms with E-state index in [9.17, 15) is 35.8 Å². The van der Waals surface area contributed by atoms with Crippen LogP contribution in [-0.2, 0) is 26.6 Å². The van der Waals surface area contributed by atoms with Crippen LogP contribution in [0.2, 0.25) is 0 Å². The van der Waals surface area contributed by atoms with Gasteiger partial charge in [0.1, 0.15) is 5.82 Å². The molecule has 3 fully saturated rings. The van der Waals surface area contributed by atoms with Gasteiger partial charge in [0.25, 0.3) is 0 Å². The molecule has 5 rings (SSSR count). The minimum Gasteiger partial charge on any atom is -0.390 e. The molecule has 2 aromatic rings. The molecule has 0 aromatic heterocycles. The van der Waals surface area contributed by atoms with E-state index in [2.05, 4.69) is 20.8 Å². The quantitative estimate of drug-likeness (QED) is 0.332. The van der Waals surface area contributed by atoms with Crippen molar-refractivity contribution in [3.63, 3.8) is 0 Å². The fourth-order valence-corrected chi connectivity index (χ4v) is 7.14. The van der Waals surface area contributed by atoms with Crippen molar-refractivity contribution in [2.45, 2.75) is 82.0 Å². The van der Waals surface area contributed by atoms with Gasteiger partial charge in [-0.1, -0.05) is 6.07 Å². The van der Waals surface area contributed by atoms with Crippen molar-refractivity contribution in [2.24, 2.45) is 5.41 Å². The van der Waals surface area contributed by atoms with E-state index in [-0.39, 0.29) is 46.9 Å². The molecule has 2 unspecified atom stereocenters. The largest absolute Gasteiger partial charge is 0.416 e. The number of hydrogen-bond acceptors (Lipinski definition) is 5. The first kappa shape index (κ1) is 32.6. The third-order valence-corrected chi connectivity index (χ3v) is 9.93. The van der Waals surface area contributed by atoms with Crippen LogP contribution >= 0.6 is 15.9 Å². The zero-order chi connectivity index (χ0) is 31.3. The Bertz CT molecular complexity index is 1250. The summed E-state index contributed by atoms with van der Waals surface area (Å²) in [5.41, 5.74) is -2.86. The van der Waals surface area contributed by atoms with Gasteiger partial charge in [-0.3, -0.25) is 4.90 Å². The minimum absolute atomic E-state index is 0.0819. The van der Waals surface area contributed by atoms with Gasteiger partial charge in [0.15, 0.2) is 6.29 Å². The lowest BCUT2D eigenvalue weighted by Crippen LogP contribution is -2.55. The summed E-state index contributed by atoms with van der Waals surface area (Å²) in [6.07, 6.45) is -11.0. The molecular weight excluding hydrogens is 651 g/mol. The molecule has 3 heterocycles. The number of hydrogen-bond donors (Lipinski definition) is 1. The lowest BCUT2D eigenvalue weighted by molar-refractivity contribution is -0.213. The summed E-state index contributed by atoms with van der Waals surface area (Å²) in [5.74, 6) is -1.03. The molecule has 13 heteroatoms. The molecule has 1 N–H and O–H groups in total. The fourth-order valence-electron chi connectivity index (χ4n) is 6.75. The summed E-state index contributed by atoms with van der Waals surface area (Å²) < 4.78 is 113. The monoisotopic (exact) mass is 683 g/mol. The minimum atomic E-state index is -4.99. The van der Waals surface area contributed by atoms with Crippen LogP contribution in [0.15, 0.2) is 40.9 Å². The van der Waals surface area contributed by atoms with E-state index in [0.717, 1.165) is 0 Å². The molecule has 43 heavy (non-hydrogen) atoms. The number of aliphatic hydroxyl groups excluding tert-OH is 1. The van der Waals surface area contributed by atoms with Gasteiger partial charge in [0.05, 0.1) is 53.0 Å². The normalized spacial score (nSPS) is 29.2. The summed E-state index contributed by atoms with van der Waals surface area (Å²) in [5, 5.41) is 10.7. The second-order valence-corrected chi connectivity index (χ2v) is 12.5. The van der Waals surface area contributed by atoms with Gasteiger partial charge in [-0.05, 0) is 104 Å². The molecule has 0 amide bonds. The molecule has 1 spiro atoms. The number of halogens is 8. The lowest BCUT2D eigenvalue weighted by Gasteiger charge is -2.49. The van der Waals surface area contributed by atoms with E-state index in [1.165, 1.54) is 13.0 Å². The number of ether oxygens (including phenoxy) is 3. The molecular formula is C30H33BrF7NO4. The predicted octanol–water partition coefficient (Wildman–Crippen LogP) is 7.46. The second kappa shape index (κ2) is 12.2. The average Bonchev–Trinajstić information content (AvgIpc) is 3.21. The first-order valence-electron chi connectivity index (χ1n) is 14.2. The molecule has 238 valence electrons. The summed E-state index contributed by atoms with van der Waals surface area (Å²) in [6, 6.07) is 5.67. The fraction of sp³-hybridized carbons (Fsp3) is 0.600. The number of aliphatic hydroxyl groups is 1. The zero-order valence-corrected chi connectivity index (χ0v) is 25.1. The van der Waals surface area contributed by atoms with E-state index in [1.807, 2.05) is 6.92 Å². The van der Waals surface area contributed by atoms with E-state index >= 15 is 0 Å². The van der Waals surface area contributed by atoms with Gasteiger partial charge in [-0.15, -0.1) is 0 Å². The Hall–Kier alpha value is -1.77. The standard InChI is InChI=1S/C30H33BrF7NO4/c1-16(19-11-20(29(33,34)35)14-21(12-19)30(36,37)38)43-27-26(18-3-4-23(32)22(31)13-18)24(5-10-41-27)39-8-6-28(7-9-39)17(2)42-15-25(28)40/h3-4,11-14,16-17,24-27,40H,5-10,15H2,1-2H3/t16-,17?,24-,25?,26-,27-/m1/s1. The van der Waals surface area contributed by atoms with Crippen molar-refractivity contribution < 1.29 is 50.1 Å². The van der Waals surface area contributed by atoms with Crippen molar-refractivity contribution in [1.29, 1.82) is 0 Å². The van der Waals surface area contributed by atoms with Crippen molar-refractivity contribution in [3.8, 4) is 0 Å². The maximum Gasteiger partial charge on any atom is 0.416 e. The Kier molecular flexibility index (Phi) is 9.26. The molecule has 0 radical (unpaired) electrons. The van der Waals surface area contributed by atoms with Gasteiger partial charge < -0.3 is 19.3 Å². The van der Waals surface area contributed by atoms with E-state index in [1.54, 1.807) is 12.1 Å². The number of piperidine rings is 1. The lowest BCUT2D eigenvalue weighted by atomic mass is 9.71. The topological polar surface area (TPSA) is 51.2 Å². The summed E-state index contributed by atoms with van der Waals surface area (Å²) in [7, 11) is 0. The number of nitrogens with zero attached hydrogens (tertiary/aromatic N) is 1. The van der Waals surface area contributed by atoms with Crippen LogP contribution in [0, 0.1) is 11.2 Å². The molecule has 2 aromatic carbocycles. The molecule has 0 aliphatic carbocycles. The first-order chi connectivity index (χ1) is 20.1. The Morgan fingerprint density at radius 1 is 1.00 bits per heavy atom. The van der Waals surface area contributed by atoms with Crippen LogP contribution in [0.4, 0.5) is 30.7 Å². The maximum atomic E-state index is 14.2. The predicted molar refractivity (Wildman–Crippen MR) is 146 cm³/mol. The van der Waals surface area contributed by atoms with Gasteiger partial charge in [-0.2, -0.15) is 26.3 Å². The highest BCUT2D eigenvalue weighted by Gasteiger charge is 2.52. The molecule has 0 saturated carbocycles. The molecule has 3 aliphatic rings. The third-order valence-electron chi connectivity index (χ3n) is 9.33. The number of likely N-dealkylation sites (tertiary alicyclic amines) is 1. The number of rotatable bonds is 5. The van der Waals surface area contributed by atoms with Crippen molar-refractivity contribution in [3.05, 3.63) is 68.9 Å². The van der Waals surface area contributed by atoms with Crippen molar-refractivity contribution in [2.75, 3.05) is 26.3 Å². The van der Waals surface area contributed by atoms with Crippen LogP contribution in [0.25, 0.3) is 0 Å². The van der Waals surface area contributed by atoms with Crippen LogP contribution in [-0.4, -0.2) is 60.8 Å².